The third kappa shape index (κ3) is 3.74. The first-order valence-electron chi connectivity index (χ1n) is 8.68. The van der Waals surface area contributed by atoms with Crippen LogP contribution in [0.2, 0.25) is 0 Å². The lowest BCUT2D eigenvalue weighted by molar-refractivity contribution is 0.442. The minimum atomic E-state index is -0.0502. The van der Waals surface area contributed by atoms with E-state index in [2.05, 4.69) is 59.8 Å². The number of aromatic hydroxyl groups is 1. The predicted molar refractivity (Wildman–Crippen MR) is 96.6 cm³/mol. The van der Waals surface area contributed by atoms with E-state index in [1.54, 1.807) is 0 Å². The molecule has 122 valence electrons. The van der Waals surface area contributed by atoms with Gasteiger partial charge in [0.15, 0.2) is 0 Å². The number of allylic oxidation sites excluding steroid dienone is 2. The smallest absolute Gasteiger partial charge is 0.126 e. The standard InChI is InChI=1S/C21H32O/c1-20(2,3)16-13-17(15-11-9-7-8-10-12-15)19(22)18(14-16)21(4,5)6/h11,13-14,22H,7-10,12H2,1-6H3. The molecule has 0 saturated carbocycles. The zero-order chi connectivity index (χ0) is 16.5. The van der Waals surface area contributed by atoms with E-state index >= 15 is 0 Å². The Morgan fingerprint density at radius 2 is 1.55 bits per heavy atom. The summed E-state index contributed by atoms with van der Waals surface area (Å²) < 4.78 is 0. The van der Waals surface area contributed by atoms with Crippen LogP contribution in [0.4, 0.5) is 0 Å². The van der Waals surface area contributed by atoms with E-state index in [1.165, 1.54) is 30.4 Å². The number of hydrogen-bond acceptors (Lipinski definition) is 1. The summed E-state index contributed by atoms with van der Waals surface area (Å²) in [7, 11) is 0. The molecule has 1 nitrogen and oxygen atoms in total. The van der Waals surface area contributed by atoms with Gasteiger partial charge in [0.05, 0.1) is 0 Å². The Hall–Kier alpha value is -1.24. The highest BCUT2D eigenvalue weighted by Gasteiger charge is 2.26. The number of benzene rings is 1. The molecular formula is C21H32O. The molecule has 0 unspecified atom stereocenters. The molecule has 0 saturated heterocycles. The molecule has 0 atom stereocenters. The molecule has 0 bridgehead atoms. The average Bonchev–Trinajstić information content (AvgIpc) is 2.65. The number of phenolic OH excluding ortho intramolecular Hbond substituents is 1. The normalized spacial score (nSPS) is 17.1. The summed E-state index contributed by atoms with van der Waals surface area (Å²) in [6, 6.07) is 4.43. The van der Waals surface area contributed by atoms with Crippen molar-refractivity contribution < 1.29 is 5.11 Å². The molecule has 0 aromatic heterocycles. The first-order chi connectivity index (χ1) is 10.1. The minimum Gasteiger partial charge on any atom is -0.507 e. The molecule has 2 rings (SSSR count). The first kappa shape index (κ1) is 17.1. The van der Waals surface area contributed by atoms with Gasteiger partial charge in [0.2, 0.25) is 0 Å². The Bertz CT molecular complexity index is 565. The van der Waals surface area contributed by atoms with Crippen LogP contribution in [0.5, 0.6) is 5.75 Å². The fourth-order valence-electron chi connectivity index (χ4n) is 3.14. The predicted octanol–water partition coefficient (Wildman–Crippen LogP) is 6.33. The maximum Gasteiger partial charge on any atom is 0.126 e. The third-order valence-corrected chi connectivity index (χ3v) is 4.67. The summed E-state index contributed by atoms with van der Waals surface area (Å²) in [6.07, 6.45) is 8.38. The second-order valence-corrected chi connectivity index (χ2v) is 8.75. The molecule has 1 aliphatic carbocycles. The summed E-state index contributed by atoms with van der Waals surface area (Å²) in [5.41, 5.74) is 4.83. The fourth-order valence-corrected chi connectivity index (χ4v) is 3.14. The van der Waals surface area contributed by atoms with Gasteiger partial charge in [0, 0.05) is 11.1 Å². The lowest BCUT2D eigenvalue weighted by Gasteiger charge is -2.28. The van der Waals surface area contributed by atoms with E-state index in [1.807, 2.05) is 0 Å². The summed E-state index contributed by atoms with van der Waals surface area (Å²) in [5, 5.41) is 10.9. The van der Waals surface area contributed by atoms with Crippen molar-refractivity contribution in [1.82, 2.24) is 0 Å². The Morgan fingerprint density at radius 1 is 0.864 bits per heavy atom. The monoisotopic (exact) mass is 300 g/mol. The third-order valence-electron chi connectivity index (χ3n) is 4.67. The summed E-state index contributed by atoms with van der Waals surface area (Å²) in [4.78, 5) is 0. The van der Waals surface area contributed by atoms with Crippen molar-refractivity contribution in [3.63, 3.8) is 0 Å². The van der Waals surface area contributed by atoms with Crippen LogP contribution >= 0.6 is 0 Å². The molecule has 0 spiro atoms. The quantitative estimate of drug-likeness (QED) is 0.642. The second-order valence-electron chi connectivity index (χ2n) is 8.75. The van der Waals surface area contributed by atoms with Crippen LogP contribution in [0.25, 0.3) is 5.57 Å². The van der Waals surface area contributed by atoms with Gasteiger partial charge >= 0.3 is 0 Å². The van der Waals surface area contributed by atoms with Crippen molar-refractivity contribution in [2.24, 2.45) is 0 Å². The van der Waals surface area contributed by atoms with E-state index < -0.39 is 0 Å². The second kappa shape index (κ2) is 6.10. The maximum absolute atomic E-state index is 10.9. The molecular weight excluding hydrogens is 268 g/mol. The molecule has 0 fully saturated rings. The van der Waals surface area contributed by atoms with E-state index in [0.29, 0.717) is 5.75 Å². The Morgan fingerprint density at radius 3 is 2.14 bits per heavy atom. The van der Waals surface area contributed by atoms with Crippen molar-refractivity contribution in [2.75, 3.05) is 0 Å². The van der Waals surface area contributed by atoms with Crippen molar-refractivity contribution >= 4 is 5.57 Å². The van der Waals surface area contributed by atoms with Gasteiger partial charge in [-0.05, 0) is 53.7 Å². The van der Waals surface area contributed by atoms with E-state index in [9.17, 15) is 5.11 Å². The summed E-state index contributed by atoms with van der Waals surface area (Å²) in [5.74, 6) is 0.494. The molecule has 0 amide bonds. The van der Waals surface area contributed by atoms with Crippen molar-refractivity contribution in [1.29, 1.82) is 0 Å². The summed E-state index contributed by atoms with van der Waals surface area (Å²) >= 11 is 0. The lowest BCUT2D eigenvalue weighted by atomic mass is 9.78. The van der Waals surface area contributed by atoms with Crippen LogP contribution in [-0.2, 0) is 10.8 Å². The highest BCUT2D eigenvalue weighted by atomic mass is 16.3. The highest BCUT2D eigenvalue weighted by molar-refractivity contribution is 5.73. The van der Waals surface area contributed by atoms with Gasteiger partial charge in [-0.1, -0.05) is 60.1 Å². The van der Waals surface area contributed by atoms with Crippen LogP contribution in [0.3, 0.4) is 0 Å². The lowest BCUT2D eigenvalue weighted by Crippen LogP contribution is -2.17. The van der Waals surface area contributed by atoms with Gasteiger partial charge in [-0.2, -0.15) is 0 Å². The van der Waals surface area contributed by atoms with Gasteiger partial charge in [0.25, 0.3) is 0 Å². The number of hydrogen-bond donors (Lipinski definition) is 1. The molecule has 1 aromatic carbocycles. The van der Waals surface area contributed by atoms with Gasteiger partial charge in [-0.3, -0.25) is 0 Å². The van der Waals surface area contributed by atoms with E-state index in [4.69, 9.17) is 0 Å². The molecule has 1 heteroatoms. The Labute approximate surface area is 136 Å². The average molecular weight is 300 g/mol. The minimum absolute atomic E-state index is 0.0502. The van der Waals surface area contributed by atoms with Gasteiger partial charge < -0.3 is 5.11 Å². The first-order valence-corrected chi connectivity index (χ1v) is 8.68. The van der Waals surface area contributed by atoms with Gasteiger partial charge in [-0.15, -0.1) is 0 Å². The fraction of sp³-hybridized carbons (Fsp3) is 0.619. The Balaban J connectivity index is 2.64. The largest absolute Gasteiger partial charge is 0.507 e. The highest BCUT2D eigenvalue weighted by Crippen LogP contribution is 2.41. The zero-order valence-electron chi connectivity index (χ0n) is 15.2. The zero-order valence-corrected chi connectivity index (χ0v) is 15.2. The van der Waals surface area contributed by atoms with Gasteiger partial charge in [-0.25, -0.2) is 0 Å². The maximum atomic E-state index is 10.9. The van der Waals surface area contributed by atoms with Crippen LogP contribution in [0.15, 0.2) is 18.2 Å². The SMILES string of the molecule is CC(C)(C)c1cc(C2=CCCCCC2)c(O)c(C(C)(C)C)c1. The van der Waals surface area contributed by atoms with Crippen molar-refractivity contribution in [3.8, 4) is 5.75 Å². The molecule has 22 heavy (non-hydrogen) atoms. The van der Waals surface area contributed by atoms with E-state index in [0.717, 1.165) is 24.0 Å². The van der Waals surface area contributed by atoms with Crippen LogP contribution in [0, 0.1) is 0 Å². The molecule has 0 aliphatic heterocycles. The van der Waals surface area contributed by atoms with Crippen LogP contribution in [-0.4, -0.2) is 5.11 Å². The molecule has 0 heterocycles. The summed E-state index contributed by atoms with van der Waals surface area (Å²) in [6.45, 7) is 13.3. The van der Waals surface area contributed by atoms with Gasteiger partial charge in [0.1, 0.15) is 5.75 Å². The topological polar surface area (TPSA) is 20.2 Å². The van der Waals surface area contributed by atoms with Crippen LogP contribution in [0.1, 0.15) is 90.3 Å². The van der Waals surface area contributed by atoms with Crippen molar-refractivity contribution in [3.05, 3.63) is 34.9 Å². The number of rotatable bonds is 1. The number of phenols is 1. The molecule has 1 aromatic rings. The molecule has 1 N–H and O–H groups in total. The molecule has 0 radical (unpaired) electrons. The van der Waals surface area contributed by atoms with Crippen LogP contribution < -0.4 is 0 Å². The van der Waals surface area contributed by atoms with Crippen molar-refractivity contribution in [2.45, 2.75) is 84.5 Å². The molecule has 1 aliphatic rings. The van der Waals surface area contributed by atoms with E-state index in [-0.39, 0.29) is 10.8 Å². The Kier molecular flexibility index (Phi) is 4.75.